The van der Waals surface area contributed by atoms with Gasteiger partial charge in [-0.3, -0.25) is 4.79 Å². The topological polar surface area (TPSA) is 67.2 Å². The van der Waals surface area contributed by atoms with Crippen molar-refractivity contribution in [1.82, 2.24) is 10.6 Å². The van der Waals surface area contributed by atoms with Crippen molar-refractivity contribution < 1.29 is 4.79 Å². The van der Waals surface area contributed by atoms with Gasteiger partial charge >= 0.3 is 0 Å². The maximum atomic E-state index is 12.4. The molecule has 0 radical (unpaired) electrons. The highest BCUT2D eigenvalue weighted by Gasteiger charge is 2.13. The van der Waals surface area contributed by atoms with Crippen LogP contribution in [0.25, 0.3) is 0 Å². The number of hydrogen-bond acceptors (Lipinski definition) is 4. The minimum atomic E-state index is -0.128. The van der Waals surface area contributed by atoms with E-state index in [1.54, 1.807) is 6.08 Å². The lowest BCUT2D eigenvalue weighted by Crippen LogP contribution is -2.41. The van der Waals surface area contributed by atoms with Crippen molar-refractivity contribution in [2.75, 3.05) is 13.1 Å². The Hall–Kier alpha value is -1.81. The van der Waals surface area contributed by atoms with Gasteiger partial charge in [0.2, 0.25) is 0 Å². The first-order valence-corrected chi connectivity index (χ1v) is 7.28. The number of nitrogens with one attached hydrogen (secondary N) is 2. The second-order valence-electron chi connectivity index (χ2n) is 6.31. The lowest BCUT2D eigenvalue weighted by Gasteiger charge is -2.25. The van der Waals surface area contributed by atoms with Gasteiger partial charge < -0.3 is 16.4 Å². The van der Waals surface area contributed by atoms with E-state index in [4.69, 9.17) is 5.73 Å². The first kappa shape index (κ1) is 17.2. The molecule has 116 valence electrons. The van der Waals surface area contributed by atoms with Crippen LogP contribution in [0.3, 0.4) is 0 Å². The molecule has 0 saturated carbocycles. The van der Waals surface area contributed by atoms with Gasteiger partial charge in [-0.2, -0.15) is 0 Å². The third-order valence-corrected chi connectivity index (χ3v) is 3.04. The van der Waals surface area contributed by atoms with E-state index >= 15 is 0 Å². The van der Waals surface area contributed by atoms with E-state index in [1.165, 1.54) is 5.56 Å². The molecule has 21 heavy (non-hydrogen) atoms. The minimum Gasteiger partial charge on any atom is -0.371 e. The van der Waals surface area contributed by atoms with E-state index in [9.17, 15) is 4.79 Å². The van der Waals surface area contributed by atoms with Crippen LogP contribution in [0.5, 0.6) is 0 Å². The molecule has 0 spiro atoms. The highest BCUT2D eigenvalue weighted by atomic mass is 16.1. The summed E-state index contributed by atoms with van der Waals surface area (Å²) in [6.07, 6.45) is 1.60. The zero-order valence-corrected chi connectivity index (χ0v) is 13.7. The maximum absolute atomic E-state index is 12.4. The number of benzene rings is 1. The third kappa shape index (κ3) is 6.00. The van der Waals surface area contributed by atoms with E-state index in [0.29, 0.717) is 24.5 Å². The average molecular weight is 289 g/mol. The van der Waals surface area contributed by atoms with Crippen molar-refractivity contribution in [2.24, 2.45) is 5.73 Å². The molecule has 0 fully saturated rings. The van der Waals surface area contributed by atoms with E-state index in [-0.39, 0.29) is 11.3 Å². The molecule has 4 heteroatoms. The zero-order valence-electron chi connectivity index (χ0n) is 13.7. The summed E-state index contributed by atoms with van der Waals surface area (Å²) in [5.41, 5.74) is 8.39. The fourth-order valence-electron chi connectivity index (χ4n) is 1.85. The molecule has 0 aliphatic carbocycles. The van der Waals surface area contributed by atoms with Crippen molar-refractivity contribution in [1.29, 1.82) is 0 Å². The highest BCUT2D eigenvalue weighted by Crippen LogP contribution is 2.11. The molecular formula is C17H27N3O. The lowest BCUT2D eigenvalue weighted by molar-refractivity contribution is 0.104. The van der Waals surface area contributed by atoms with Crippen molar-refractivity contribution in [3.8, 4) is 0 Å². The molecule has 4 N–H and O–H groups in total. The Labute approximate surface area is 127 Å². The molecule has 1 aromatic rings. The normalized spacial score (nSPS) is 12.2. The summed E-state index contributed by atoms with van der Waals surface area (Å²) in [5.74, 6) is 0.686. The summed E-state index contributed by atoms with van der Waals surface area (Å²) < 4.78 is 0. The van der Waals surface area contributed by atoms with Gasteiger partial charge in [0.25, 0.3) is 0 Å². The number of carbonyl (C=O) groups is 1. The molecule has 0 aliphatic rings. The van der Waals surface area contributed by atoms with Gasteiger partial charge in [0.15, 0.2) is 5.78 Å². The Kier molecular flexibility index (Phi) is 5.97. The summed E-state index contributed by atoms with van der Waals surface area (Å²) >= 11 is 0. The number of allylic oxidation sites excluding steroid dienone is 1. The molecule has 0 amide bonds. The van der Waals surface area contributed by atoms with E-state index in [1.807, 2.05) is 52.8 Å². The maximum Gasteiger partial charge on any atom is 0.189 e. The van der Waals surface area contributed by atoms with Gasteiger partial charge in [-0.1, -0.05) is 12.1 Å². The molecule has 0 unspecified atom stereocenters. The van der Waals surface area contributed by atoms with Crippen LogP contribution in [0.2, 0.25) is 0 Å². The van der Waals surface area contributed by atoms with Crippen LogP contribution in [-0.4, -0.2) is 24.4 Å². The summed E-state index contributed by atoms with van der Waals surface area (Å²) in [5, 5.41) is 6.45. The first-order chi connectivity index (χ1) is 9.73. The monoisotopic (exact) mass is 289 g/mol. The van der Waals surface area contributed by atoms with Gasteiger partial charge in [0.05, 0.1) is 0 Å². The minimum absolute atomic E-state index is 0.0191. The van der Waals surface area contributed by atoms with Gasteiger partial charge in [0.1, 0.15) is 5.82 Å². The summed E-state index contributed by atoms with van der Waals surface area (Å²) in [6.45, 7) is 11.3. The number of hydrogen-bond donors (Lipinski definition) is 3. The number of rotatable bonds is 6. The number of ketones is 1. The number of nitrogens with two attached hydrogens (primary N) is 1. The first-order valence-electron chi connectivity index (χ1n) is 7.28. The lowest BCUT2D eigenvalue weighted by atomic mass is 10.0. The van der Waals surface area contributed by atoms with Gasteiger partial charge in [-0.05, 0) is 51.8 Å². The third-order valence-electron chi connectivity index (χ3n) is 3.04. The van der Waals surface area contributed by atoms with Crippen LogP contribution in [-0.2, 0) is 0 Å². The molecule has 1 rings (SSSR count). The highest BCUT2D eigenvalue weighted by molar-refractivity contribution is 6.05. The molecule has 0 heterocycles. The summed E-state index contributed by atoms with van der Waals surface area (Å²) in [4.78, 5) is 12.4. The van der Waals surface area contributed by atoms with Crippen LogP contribution in [0, 0.1) is 13.8 Å². The smallest absolute Gasteiger partial charge is 0.189 e. The van der Waals surface area contributed by atoms with Crippen LogP contribution < -0.4 is 16.4 Å². The molecule has 0 atom stereocenters. The quantitative estimate of drug-likeness (QED) is 0.555. The Morgan fingerprint density at radius 2 is 1.90 bits per heavy atom. The Balaban J connectivity index is 2.96. The van der Waals surface area contributed by atoms with Gasteiger partial charge in [0, 0.05) is 30.3 Å². The van der Waals surface area contributed by atoms with Crippen LogP contribution in [0.15, 0.2) is 30.1 Å². The summed E-state index contributed by atoms with van der Waals surface area (Å²) in [6, 6.07) is 5.76. The van der Waals surface area contributed by atoms with Gasteiger partial charge in [-0.15, -0.1) is 0 Å². The molecule has 0 aromatic heterocycles. The van der Waals surface area contributed by atoms with Crippen LogP contribution in [0.1, 0.15) is 42.3 Å². The molecule has 0 saturated heterocycles. The molecule has 0 aliphatic heterocycles. The summed E-state index contributed by atoms with van der Waals surface area (Å²) in [7, 11) is 0. The largest absolute Gasteiger partial charge is 0.371 e. The van der Waals surface area contributed by atoms with Crippen LogP contribution >= 0.6 is 0 Å². The fraction of sp³-hybridized carbons (Fsp3) is 0.471. The van der Waals surface area contributed by atoms with Crippen molar-refractivity contribution >= 4 is 5.78 Å². The molecule has 0 bridgehead atoms. The second-order valence-corrected chi connectivity index (χ2v) is 6.31. The van der Waals surface area contributed by atoms with E-state index < -0.39 is 0 Å². The standard InChI is InChI=1S/C17H27N3O/c1-12-6-7-14(10-13(12)2)15(21)11-16(19-9-8-18)20-17(3,4)5/h6-7,10-11,19-20H,8-9,18H2,1-5H3/b16-11-. The fourth-order valence-corrected chi connectivity index (χ4v) is 1.85. The van der Waals surface area contributed by atoms with Crippen molar-refractivity contribution in [3.63, 3.8) is 0 Å². The Morgan fingerprint density at radius 3 is 2.43 bits per heavy atom. The molecule has 1 aromatic carbocycles. The van der Waals surface area contributed by atoms with Gasteiger partial charge in [-0.25, -0.2) is 0 Å². The molecular weight excluding hydrogens is 262 g/mol. The Bertz CT molecular complexity index is 527. The Morgan fingerprint density at radius 1 is 1.24 bits per heavy atom. The SMILES string of the molecule is Cc1ccc(C(=O)/C=C(/NCCN)NC(C)(C)C)cc1C. The van der Waals surface area contributed by atoms with E-state index in [2.05, 4.69) is 10.6 Å². The zero-order chi connectivity index (χ0) is 16.0. The van der Waals surface area contributed by atoms with Crippen molar-refractivity contribution in [3.05, 3.63) is 46.8 Å². The number of carbonyl (C=O) groups excluding carboxylic acids is 1. The second kappa shape index (κ2) is 7.27. The predicted octanol–water partition coefficient (Wildman–Crippen LogP) is 2.26. The number of aryl methyl sites for hydroxylation is 2. The van der Waals surface area contributed by atoms with Crippen LogP contribution in [0.4, 0.5) is 0 Å². The average Bonchev–Trinajstić information content (AvgIpc) is 2.37. The predicted molar refractivity (Wildman–Crippen MR) is 88.3 cm³/mol. The molecule has 4 nitrogen and oxygen atoms in total. The van der Waals surface area contributed by atoms with E-state index in [0.717, 1.165) is 5.56 Å². The van der Waals surface area contributed by atoms with Crippen molar-refractivity contribution in [2.45, 2.75) is 40.2 Å².